The topological polar surface area (TPSA) is 68.5 Å². The predicted octanol–water partition coefficient (Wildman–Crippen LogP) is 1.72. The van der Waals surface area contributed by atoms with Gasteiger partial charge in [-0.1, -0.05) is 5.16 Å². The smallest absolute Gasteiger partial charge is 0.323 e. The fraction of sp³-hybridized carbons (Fsp3) is 0.444. The molecule has 0 radical (unpaired) electrons. The van der Waals surface area contributed by atoms with Crippen LogP contribution >= 0.6 is 15.9 Å². The lowest BCUT2D eigenvalue weighted by Gasteiger charge is -2.19. The molecule has 0 fully saturated rings. The van der Waals surface area contributed by atoms with Crippen LogP contribution in [0.15, 0.2) is 22.0 Å². The number of carbonyl (C=O) groups is 1. The summed E-state index contributed by atoms with van der Waals surface area (Å²) in [6, 6.07) is 0. The van der Waals surface area contributed by atoms with Crippen LogP contribution in [0.1, 0.15) is 13.8 Å². The third kappa shape index (κ3) is 3.34. The number of aromatic nitrogens is 2. The number of hydrogen-bond donors (Lipinski definition) is 1. The zero-order valence-corrected chi connectivity index (χ0v) is 10.9. The molecule has 0 aliphatic rings. The quantitative estimate of drug-likeness (QED) is 0.523. The van der Waals surface area contributed by atoms with E-state index in [1.165, 1.54) is 13.3 Å². The molecule has 0 aromatic carbocycles. The molecule has 0 spiro atoms. The summed E-state index contributed by atoms with van der Waals surface area (Å²) in [5.41, 5.74) is -0.472. The molecular weight excluding hydrogens is 276 g/mol. The summed E-state index contributed by atoms with van der Waals surface area (Å²) in [7, 11) is 1.47. The monoisotopic (exact) mass is 288 g/mol. The Morgan fingerprint density at radius 3 is 2.94 bits per heavy atom. The Balaban J connectivity index is 2.68. The van der Waals surface area contributed by atoms with Gasteiger partial charge in [0.1, 0.15) is 0 Å². The highest BCUT2D eigenvalue weighted by atomic mass is 79.9. The molecule has 0 aliphatic heterocycles. The normalized spacial score (nSPS) is 11.8. The molecule has 1 N–H and O–H groups in total. The molecular formula is C9H13BrN4O2. The summed E-state index contributed by atoms with van der Waals surface area (Å²) < 4.78 is 2.58. The fourth-order valence-corrected chi connectivity index (χ4v) is 1.21. The first-order valence-electron chi connectivity index (χ1n) is 4.59. The molecule has 1 heterocycles. The van der Waals surface area contributed by atoms with Gasteiger partial charge in [0.05, 0.1) is 22.4 Å². The molecule has 0 atom stereocenters. The summed E-state index contributed by atoms with van der Waals surface area (Å²) in [6.45, 7) is 3.78. The van der Waals surface area contributed by atoms with Crippen molar-refractivity contribution in [3.63, 3.8) is 0 Å². The second-order valence-electron chi connectivity index (χ2n) is 3.62. The van der Waals surface area contributed by atoms with E-state index in [9.17, 15) is 4.79 Å². The molecule has 6 nitrogen and oxygen atoms in total. The SMILES string of the molecule is CNC(=O)ON=CC(C)(C)n1cc(Br)cn1. The van der Waals surface area contributed by atoms with Gasteiger partial charge in [-0.25, -0.2) is 4.79 Å². The van der Waals surface area contributed by atoms with Crippen LogP contribution in [-0.2, 0) is 10.4 Å². The van der Waals surface area contributed by atoms with Crippen molar-refractivity contribution in [3.05, 3.63) is 16.9 Å². The highest BCUT2D eigenvalue weighted by Crippen LogP contribution is 2.15. The van der Waals surface area contributed by atoms with Crippen LogP contribution in [0.3, 0.4) is 0 Å². The maximum atomic E-state index is 10.8. The van der Waals surface area contributed by atoms with Crippen LogP contribution in [0.25, 0.3) is 0 Å². The van der Waals surface area contributed by atoms with Crippen molar-refractivity contribution >= 4 is 28.2 Å². The predicted molar refractivity (Wildman–Crippen MR) is 63.3 cm³/mol. The van der Waals surface area contributed by atoms with Crippen molar-refractivity contribution in [2.24, 2.45) is 5.16 Å². The van der Waals surface area contributed by atoms with Gasteiger partial charge in [0.15, 0.2) is 0 Å². The molecule has 0 unspecified atom stereocenters. The number of oxime groups is 1. The Bertz CT molecular complexity index is 400. The van der Waals surface area contributed by atoms with Gasteiger partial charge in [0.25, 0.3) is 0 Å². The summed E-state index contributed by atoms with van der Waals surface area (Å²) in [5.74, 6) is 0. The van der Waals surface area contributed by atoms with Crippen LogP contribution in [0, 0.1) is 0 Å². The zero-order valence-electron chi connectivity index (χ0n) is 9.27. The van der Waals surface area contributed by atoms with E-state index in [0.717, 1.165) is 4.47 Å². The van der Waals surface area contributed by atoms with E-state index in [0.29, 0.717) is 0 Å². The number of rotatable bonds is 3. The van der Waals surface area contributed by atoms with Gasteiger partial charge in [-0.15, -0.1) is 0 Å². The number of halogens is 1. The van der Waals surface area contributed by atoms with Gasteiger partial charge in [-0.05, 0) is 29.8 Å². The first-order chi connectivity index (χ1) is 7.45. The first kappa shape index (κ1) is 12.7. The van der Waals surface area contributed by atoms with Crippen molar-refractivity contribution in [1.82, 2.24) is 15.1 Å². The molecule has 0 saturated carbocycles. The lowest BCUT2D eigenvalue weighted by atomic mass is 10.1. The lowest BCUT2D eigenvalue weighted by molar-refractivity contribution is 0.152. The van der Waals surface area contributed by atoms with Gasteiger partial charge in [-0.2, -0.15) is 5.10 Å². The average molecular weight is 289 g/mol. The third-order valence-electron chi connectivity index (χ3n) is 1.85. The largest absolute Gasteiger partial charge is 0.433 e. The van der Waals surface area contributed by atoms with Crippen molar-refractivity contribution in [2.45, 2.75) is 19.4 Å². The van der Waals surface area contributed by atoms with Crippen molar-refractivity contribution in [2.75, 3.05) is 7.05 Å². The standard InChI is InChI=1S/C9H13BrN4O2/c1-9(2,6-13-16-8(15)11-3)14-5-7(10)4-12-14/h4-6H,1-3H3,(H,11,15). The van der Waals surface area contributed by atoms with E-state index < -0.39 is 11.6 Å². The Hall–Kier alpha value is -1.37. The Kier molecular flexibility index (Phi) is 4.05. The Morgan fingerprint density at radius 2 is 2.44 bits per heavy atom. The number of nitrogens with zero attached hydrogens (tertiary/aromatic N) is 3. The molecule has 16 heavy (non-hydrogen) atoms. The minimum Gasteiger partial charge on any atom is -0.323 e. The van der Waals surface area contributed by atoms with Gasteiger partial charge in [0.2, 0.25) is 0 Å². The minimum absolute atomic E-state index is 0.472. The first-order valence-corrected chi connectivity index (χ1v) is 5.39. The van der Waals surface area contributed by atoms with Crippen LogP contribution in [0.2, 0.25) is 0 Å². The van der Waals surface area contributed by atoms with E-state index in [1.807, 2.05) is 20.0 Å². The molecule has 1 amide bonds. The highest BCUT2D eigenvalue weighted by molar-refractivity contribution is 9.10. The van der Waals surface area contributed by atoms with Gasteiger partial charge in [0, 0.05) is 13.2 Å². The Labute approximate surface area is 102 Å². The van der Waals surface area contributed by atoms with Crippen molar-refractivity contribution in [1.29, 1.82) is 0 Å². The molecule has 1 aromatic rings. The summed E-state index contributed by atoms with van der Waals surface area (Å²) >= 11 is 3.30. The highest BCUT2D eigenvalue weighted by Gasteiger charge is 2.18. The molecule has 1 aromatic heterocycles. The molecule has 0 aliphatic carbocycles. The van der Waals surface area contributed by atoms with Crippen molar-refractivity contribution < 1.29 is 9.63 Å². The molecule has 0 bridgehead atoms. The second-order valence-corrected chi connectivity index (χ2v) is 4.54. The van der Waals surface area contributed by atoms with Gasteiger partial charge < -0.3 is 5.32 Å². The summed E-state index contributed by atoms with van der Waals surface area (Å²) in [6.07, 6.45) is 4.39. The van der Waals surface area contributed by atoms with E-state index in [4.69, 9.17) is 0 Å². The van der Waals surface area contributed by atoms with Crippen LogP contribution in [0.4, 0.5) is 4.79 Å². The number of amides is 1. The van der Waals surface area contributed by atoms with Gasteiger partial charge >= 0.3 is 6.09 Å². The lowest BCUT2D eigenvalue weighted by Crippen LogP contribution is -2.29. The molecule has 1 rings (SSSR count). The van der Waals surface area contributed by atoms with E-state index in [-0.39, 0.29) is 0 Å². The van der Waals surface area contributed by atoms with Crippen LogP contribution in [-0.4, -0.2) is 29.1 Å². The van der Waals surface area contributed by atoms with Crippen LogP contribution < -0.4 is 5.32 Å². The molecule has 7 heteroatoms. The molecule has 88 valence electrons. The summed E-state index contributed by atoms with van der Waals surface area (Å²) in [4.78, 5) is 15.3. The second kappa shape index (κ2) is 5.11. The van der Waals surface area contributed by atoms with Crippen molar-refractivity contribution in [3.8, 4) is 0 Å². The minimum atomic E-state index is -0.603. The van der Waals surface area contributed by atoms with E-state index in [1.54, 1.807) is 10.9 Å². The average Bonchev–Trinajstić information content (AvgIpc) is 2.65. The molecule has 0 saturated heterocycles. The summed E-state index contributed by atoms with van der Waals surface area (Å²) in [5, 5.41) is 10.0. The van der Waals surface area contributed by atoms with Gasteiger partial charge in [-0.3, -0.25) is 9.52 Å². The maximum absolute atomic E-state index is 10.8. The zero-order chi connectivity index (χ0) is 12.2. The number of hydrogen-bond acceptors (Lipinski definition) is 4. The third-order valence-corrected chi connectivity index (χ3v) is 2.26. The fourth-order valence-electron chi connectivity index (χ4n) is 0.924. The maximum Gasteiger partial charge on any atom is 0.433 e. The number of carbonyl (C=O) groups excluding carboxylic acids is 1. The Morgan fingerprint density at radius 1 is 1.75 bits per heavy atom. The number of nitrogens with one attached hydrogen (secondary N) is 1. The van der Waals surface area contributed by atoms with Crippen LogP contribution in [0.5, 0.6) is 0 Å². The van der Waals surface area contributed by atoms with E-state index >= 15 is 0 Å². The van der Waals surface area contributed by atoms with E-state index in [2.05, 4.69) is 36.3 Å².